The predicted molar refractivity (Wildman–Crippen MR) is 66.7 cm³/mol. The van der Waals surface area contributed by atoms with Gasteiger partial charge in [0.2, 0.25) is 5.91 Å². The van der Waals surface area contributed by atoms with Crippen LogP contribution >= 0.6 is 12.4 Å². The maximum atomic E-state index is 11.7. The minimum absolute atomic E-state index is 0. The van der Waals surface area contributed by atoms with E-state index < -0.39 is 0 Å². The number of amides is 1. The molecule has 0 aliphatic carbocycles. The van der Waals surface area contributed by atoms with Gasteiger partial charge in [-0.3, -0.25) is 4.79 Å². The first-order chi connectivity index (χ1) is 7.15. The van der Waals surface area contributed by atoms with Gasteiger partial charge in [-0.05, 0) is 32.6 Å². The summed E-state index contributed by atoms with van der Waals surface area (Å²) >= 11 is 0. The molecule has 4 nitrogen and oxygen atoms in total. The summed E-state index contributed by atoms with van der Waals surface area (Å²) in [5.41, 5.74) is 5.86. The number of carbonyl (C=O) groups is 1. The Balaban J connectivity index is 0.00000225. The molecule has 0 aromatic heterocycles. The molecule has 1 heterocycles. The average Bonchev–Trinajstić information content (AvgIpc) is 2.26. The molecule has 0 radical (unpaired) electrons. The summed E-state index contributed by atoms with van der Waals surface area (Å²) < 4.78 is 5.12. The SMILES string of the molecule is CCOCC(=O)N1CCCC(C(C)N)C1.Cl. The van der Waals surface area contributed by atoms with Crippen LogP contribution in [-0.2, 0) is 9.53 Å². The quantitative estimate of drug-likeness (QED) is 0.811. The lowest BCUT2D eigenvalue weighted by molar-refractivity contribution is -0.137. The van der Waals surface area contributed by atoms with E-state index in [0.29, 0.717) is 12.5 Å². The lowest BCUT2D eigenvalue weighted by Gasteiger charge is -2.34. The zero-order valence-corrected chi connectivity index (χ0v) is 11.0. The lowest BCUT2D eigenvalue weighted by Crippen LogP contribution is -2.46. The molecule has 0 bridgehead atoms. The third kappa shape index (κ3) is 4.68. The highest BCUT2D eigenvalue weighted by atomic mass is 35.5. The predicted octanol–water partition coefficient (Wildman–Crippen LogP) is 1.03. The molecular weight excluding hydrogens is 228 g/mol. The van der Waals surface area contributed by atoms with Crippen LogP contribution in [0.1, 0.15) is 26.7 Å². The Hall–Kier alpha value is -0.320. The van der Waals surface area contributed by atoms with E-state index in [1.807, 2.05) is 18.7 Å². The first-order valence-corrected chi connectivity index (χ1v) is 5.76. The maximum absolute atomic E-state index is 11.7. The van der Waals surface area contributed by atoms with Crippen molar-refractivity contribution in [2.45, 2.75) is 32.7 Å². The van der Waals surface area contributed by atoms with E-state index in [9.17, 15) is 4.79 Å². The van der Waals surface area contributed by atoms with Crippen LogP contribution in [0, 0.1) is 5.92 Å². The van der Waals surface area contributed by atoms with Crippen molar-refractivity contribution in [3.8, 4) is 0 Å². The van der Waals surface area contributed by atoms with Gasteiger partial charge in [0.1, 0.15) is 6.61 Å². The van der Waals surface area contributed by atoms with Crippen molar-refractivity contribution in [3.05, 3.63) is 0 Å². The molecule has 0 saturated carbocycles. The third-order valence-corrected chi connectivity index (χ3v) is 2.98. The molecule has 0 spiro atoms. The van der Waals surface area contributed by atoms with Crippen LogP contribution in [0.25, 0.3) is 0 Å². The molecule has 1 amide bonds. The summed E-state index contributed by atoms with van der Waals surface area (Å²) in [5, 5.41) is 0. The fourth-order valence-corrected chi connectivity index (χ4v) is 1.95. The molecule has 16 heavy (non-hydrogen) atoms. The number of hydrogen-bond acceptors (Lipinski definition) is 3. The number of halogens is 1. The average molecular weight is 251 g/mol. The fraction of sp³-hybridized carbons (Fsp3) is 0.909. The van der Waals surface area contributed by atoms with Gasteiger partial charge in [-0.1, -0.05) is 0 Å². The number of hydrogen-bond donors (Lipinski definition) is 1. The largest absolute Gasteiger partial charge is 0.372 e. The second kappa shape index (κ2) is 7.87. The molecular formula is C11H23ClN2O2. The first kappa shape index (κ1) is 15.7. The lowest BCUT2D eigenvalue weighted by atomic mass is 9.92. The van der Waals surface area contributed by atoms with Crippen molar-refractivity contribution in [2.75, 3.05) is 26.3 Å². The van der Waals surface area contributed by atoms with Crippen LogP contribution in [0.2, 0.25) is 0 Å². The zero-order chi connectivity index (χ0) is 11.3. The standard InChI is InChI=1S/C11H22N2O2.ClH/c1-3-15-8-11(14)13-6-4-5-10(7-13)9(2)12;/h9-10H,3-8,12H2,1-2H3;1H. The molecule has 2 atom stereocenters. The Morgan fingerprint density at radius 1 is 1.62 bits per heavy atom. The molecule has 2 N–H and O–H groups in total. The minimum Gasteiger partial charge on any atom is -0.372 e. The number of piperidine rings is 1. The molecule has 1 aliphatic heterocycles. The maximum Gasteiger partial charge on any atom is 0.248 e. The topological polar surface area (TPSA) is 55.6 Å². The summed E-state index contributed by atoms with van der Waals surface area (Å²) in [4.78, 5) is 13.6. The van der Waals surface area contributed by atoms with Gasteiger partial charge in [0.15, 0.2) is 0 Å². The molecule has 96 valence electrons. The van der Waals surface area contributed by atoms with E-state index in [1.54, 1.807) is 0 Å². The van der Waals surface area contributed by atoms with E-state index >= 15 is 0 Å². The van der Waals surface area contributed by atoms with Crippen molar-refractivity contribution in [1.29, 1.82) is 0 Å². The van der Waals surface area contributed by atoms with Crippen LogP contribution in [0.3, 0.4) is 0 Å². The second-order valence-electron chi connectivity index (χ2n) is 4.24. The van der Waals surface area contributed by atoms with Crippen LogP contribution < -0.4 is 5.73 Å². The van der Waals surface area contributed by atoms with Crippen LogP contribution in [0.4, 0.5) is 0 Å². The Kier molecular flexibility index (Phi) is 7.72. The van der Waals surface area contributed by atoms with Gasteiger partial charge in [-0.25, -0.2) is 0 Å². The number of likely N-dealkylation sites (tertiary alicyclic amines) is 1. The fourth-order valence-electron chi connectivity index (χ4n) is 1.95. The highest BCUT2D eigenvalue weighted by Crippen LogP contribution is 2.18. The smallest absolute Gasteiger partial charge is 0.248 e. The highest BCUT2D eigenvalue weighted by Gasteiger charge is 2.25. The van der Waals surface area contributed by atoms with Crippen LogP contribution in [0.15, 0.2) is 0 Å². The summed E-state index contributed by atoms with van der Waals surface area (Å²) in [7, 11) is 0. The highest BCUT2D eigenvalue weighted by molar-refractivity contribution is 5.85. The van der Waals surface area contributed by atoms with Gasteiger partial charge >= 0.3 is 0 Å². The van der Waals surface area contributed by atoms with Gasteiger partial charge in [-0.2, -0.15) is 0 Å². The molecule has 0 aromatic rings. The second-order valence-corrected chi connectivity index (χ2v) is 4.24. The van der Waals surface area contributed by atoms with Crippen molar-refractivity contribution < 1.29 is 9.53 Å². The molecule has 1 saturated heterocycles. The van der Waals surface area contributed by atoms with Crippen molar-refractivity contribution in [3.63, 3.8) is 0 Å². The monoisotopic (exact) mass is 250 g/mol. The van der Waals surface area contributed by atoms with Crippen molar-refractivity contribution in [1.82, 2.24) is 4.90 Å². The summed E-state index contributed by atoms with van der Waals surface area (Å²) in [6.07, 6.45) is 2.19. The van der Waals surface area contributed by atoms with E-state index in [2.05, 4.69) is 0 Å². The van der Waals surface area contributed by atoms with Gasteiger partial charge in [-0.15, -0.1) is 12.4 Å². The Bertz CT molecular complexity index is 212. The van der Waals surface area contributed by atoms with E-state index in [-0.39, 0.29) is 31.0 Å². The summed E-state index contributed by atoms with van der Waals surface area (Å²) in [5.74, 6) is 0.548. The summed E-state index contributed by atoms with van der Waals surface area (Å²) in [6.45, 7) is 6.37. The third-order valence-electron chi connectivity index (χ3n) is 2.98. The van der Waals surface area contributed by atoms with Gasteiger partial charge in [0.25, 0.3) is 0 Å². The Labute approximate surface area is 104 Å². The number of nitrogens with zero attached hydrogens (tertiary/aromatic N) is 1. The molecule has 0 aromatic carbocycles. The van der Waals surface area contributed by atoms with Crippen molar-refractivity contribution >= 4 is 18.3 Å². The van der Waals surface area contributed by atoms with Gasteiger partial charge < -0.3 is 15.4 Å². The normalized spacial score (nSPS) is 22.4. The van der Waals surface area contributed by atoms with E-state index in [4.69, 9.17) is 10.5 Å². The Morgan fingerprint density at radius 3 is 2.88 bits per heavy atom. The zero-order valence-electron chi connectivity index (χ0n) is 10.1. The first-order valence-electron chi connectivity index (χ1n) is 5.76. The van der Waals surface area contributed by atoms with Crippen LogP contribution in [0.5, 0.6) is 0 Å². The summed E-state index contributed by atoms with van der Waals surface area (Å²) in [6, 6.07) is 0.174. The number of rotatable bonds is 4. The number of nitrogens with two attached hydrogens (primary N) is 1. The molecule has 2 unspecified atom stereocenters. The molecule has 1 fully saturated rings. The van der Waals surface area contributed by atoms with E-state index in [0.717, 1.165) is 25.9 Å². The number of ether oxygens (including phenoxy) is 1. The number of carbonyl (C=O) groups excluding carboxylic acids is 1. The van der Waals surface area contributed by atoms with Gasteiger partial charge in [0, 0.05) is 25.7 Å². The van der Waals surface area contributed by atoms with Gasteiger partial charge in [0.05, 0.1) is 0 Å². The van der Waals surface area contributed by atoms with Crippen LogP contribution in [-0.4, -0.2) is 43.2 Å². The van der Waals surface area contributed by atoms with Crippen molar-refractivity contribution in [2.24, 2.45) is 11.7 Å². The molecule has 1 aliphatic rings. The molecule has 5 heteroatoms. The Morgan fingerprint density at radius 2 is 2.31 bits per heavy atom. The minimum atomic E-state index is 0. The molecule has 1 rings (SSSR count). The van der Waals surface area contributed by atoms with E-state index in [1.165, 1.54) is 0 Å².